The molecule has 0 fully saturated rings. The van der Waals surface area contributed by atoms with Crippen LogP contribution in [0.2, 0.25) is 0 Å². The Morgan fingerprint density at radius 2 is 2.14 bits per heavy atom. The topological polar surface area (TPSA) is 17.1 Å². The number of ketones is 1. The molecular weight excluding hydrogens is 192 g/mol. The number of hydrogen-bond acceptors (Lipinski definition) is 2. The van der Waals surface area contributed by atoms with Gasteiger partial charge in [0.25, 0.3) is 0 Å². The second-order valence-electron chi connectivity index (χ2n) is 3.13. The van der Waals surface area contributed by atoms with Crippen molar-refractivity contribution >= 4 is 33.3 Å². The normalized spacial score (nSPS) is 11.2. The zero-order valence-corrected chi connectivity index (χ0v) is 8.67. The van der Waals surface area contributed by atoms with Crippen LogP contribution in [0.1, 0.15) is 11.8 Å². The van der Waals surface area contributed by atoms with E-state index in [1.54, 1.807) is 24.3 Å². The highest BCUT2D eigenvalue weighted by atomic mass is 32.1. The minimum Gasteiger partial charge on any atom is -0.295 e. The number of hydrogen-bond donors (Lipinski definition) is 0. The molecule has 0 radical (unpaired) electrons. The van der Waals surface area contributed by atoms with Gasteiger partial charge in [-0.1, -0.05) is 18.2 Å². The Hall–Kier alpha value is -1.41. The van der Waals surface area contributed by atoms with Crippen LogP contribution >= 0.6 is 11.3 Å². The maximum Gasteiger partial charge on any atom is 0.152 e. The van der Waals surface area contributed by atoms with Crippen LogP contribution in [0.3, 0.4) is 0 Å². The molecule has 14 heavy (non-hydrogen) atoms. The van der Waals surface area contributed by atoms with Gasteiger partial charge in [0.1, 0.15) is 0 Å². The number of carbonyl (C=O) groups excluding carboxylic acids is 1. The summed E-state index contributed by atoms with van der Waals surface area (Å²) in [4.78, 5) is 11.9. The molecule has 0 amide bonds. The third-order valence-corrected chi connectivity index (χ3v) is 3.01. The van der Waals surface area contributed by atoms with Crippen molar-refractivity contribution in [3.8, 4) is 0 Å². The Morgan fingerprint density at radius 3 is 2.86 bits per heavy atom. The van der Waals surface area contributed by atoms with Crippen LogP contribution in [0, 0.1) is 0 Å². The molecule has 1 heterocycles. The van der Waals surface area contributed by atoms with Crippen LogP contribution in [0.25, 0.3) is 16.2 Å². The van der Waals surface area contributed by atoms with E-state index in [4.69, 9.17) is 0 Å². The molecule has 0 unspecified atom stereocenters. The molecule has 0 aliphatic carbocycles. The maximum absolute atomic E-state index is 10.8. The summed E-state index contributed by atoms with van der Waals surface area (Å²) in [6.07, 6.45) is 3.47. The van der Waals surface area contributed by atoms with Gasteiger partial charge in [-0.25, -0.2) is 0 Å². The molecule has 0 bridgehead atoms. The molecule has 0 saturated heterocycles. The van der Waals surface area contributed by atoms with E-state index in [1.165, 1.54) is 10.1 Å². The second kappa shape index (κ2) is 3.76. The van der Waals surface area contributed by atoms with E-state index in [0.717, 1.165) is 4.88 Å². The summed E-state index contributed by atoms with van der Waals surface area (Å²) in [7, 11) is 0. The zero-order valence-electron chi connectivity index (χ0n) is 7.86. The molecule has 0 atom stereocenters. The van der Waals surface area contributed by atoms with E-state index in [9.17, 15) is 4.79 Å². The van der Waals surface area contributed by atoms with Crippen LogP contribution in [-0.2, 0) is 4.79 Å². The minimum absolute atomic E-state index is 0.0856. The van der Waals surface area contributed by atoms with Crippen molar-refractivity contribution in [2.24, 2.45) is 0 Å². The number of carbonyl (C=O) groups is 1. The predicted octanol–water partition coefficient (Wildman–Crippen LogP) is 3.50. The molecule has 70 valence electrons. The lowest BCUT2D eigenvalue weighted by Gasteiger charge is -1.82. The standard InChI is InChI=1S/C12H10OS/c1-9(13)6-7-11-8-10-4-2-3-5-12(10)14-11/h2-8H,1H3. The molecule has 1 aromatic heterocycles. The first-order valence-electron chi connectivity index (χ1n) is 4.43. The lowest BCUT2D eigenvalue weighted by Crippen LogP contribution is -1.77. The Balaban J connectivity index is 2.40. The average molecular weight is 202 g/mol. The van der Waals surface area contributed by atoms with Crippen LogP contribution < -0.4 is 0 Å². The second-order valence-corrected chi connectivity index (χ2v) is 4.25. The van der Waals surface area contributed by atoms with Gasteiger partial charge in [-0.3, -0.25) is 4.79 Å². The fourth-order valence-corrected chi connectivity index (χ4v) is 2.25. The highest BCUT2D eigenvalue weighted by Gasteiger charge is 1.97. The van der Waals surface area contributed by atoms with Crippen molar-refractivity contribution in [1.29, 1.82) is 0 Å². The summed E-state index contributed by atoms with van der Waals surface area (Å²) in [5.74, 6) is 0.0856. The van der Waals surface area contributed by atoms with Crippen LogP contribution in [0.15, 0.2) is 36.4 Å². The highest BCUT2D eigenvalue weighted by molar-refractivity contribution is 7.19. The van der Waals surface area contributed by atoms with Crippen LogP contribution in [0.5, 0.6) is 0 Å². The first kappa shape index (κ1) is 9.16. The Bertz CT molecular complexity index is 461. The molecule has 0 aliphatic rings. The van der Waals surface area contributed by atoms with Crippen molar-refractivity contribution in [3.63, 3.8) is 0 Å². The third kappa shape index (κ3) is 1.91. The first-order chi connectivity index (χ1) is 6.75. The Morgan fingerprint density at radius 1 is 1.36 bits per heavy atom. The molecule has 2 rings (SSSR count). The number of thiophene rings is 1. The predicted molar refractivity (Wildman–Crippen MR) is 61.5 cm³/mol. The smallest absolute Gasteiger partial charge is 0.152 e. The summed E-state index contributed by atoms with van der Waals surface area (Å²) in [6, 6.07) is 10.3. The van der Waals surface area contributed by atoms with Gasteiger partial charge >= 0.3 is 0 Å². The molecule has 0 aliphatic heterocycles. The van der Waals surface area contributed by atoms with Gasteiger partial charge in [-0.2, -0.15) is 0 Å². The van der Waals surface area contributed by atoms with Gasteiger partial charge in [0.15, 0.2) is 5.78 Å². The van der Waals surface area contributed by atoms with E-state index >= 15 is 0 Å². The first-order valence-corrected chi connectivity index (χ1v) is 5.24. The largest absolute Gasteiger partial charge is 0.295 e. The summed E-state index contributed by atoms with van der Waals surface area (Å²) >= 11 is 1.70. The fraction of sp³-hybridized carbons (Fsp3) is 0.0833. The fourth-order valence-electron chi connectivity index (χ4n) is 1.28. The molecule has 1 aromatic carbocycles. The molecule has 0 saturated carbocycles. The molecule has 2 aromatic rings. The number of rotatable bonds is 2. The molecule has 0 N–H and O–H groups in total. The average Bonchev–Trinajstić information content (AvgIpc) is 2.57. The number of allylic oxidation sites excluding steroid dienone is 1. The monoisotopic (exact) mass is 202 g/mol. The minimum atomic E-state index is 0.0856. The van der Waals surface area contributed by atoms with Gasteiger partial charge in [0.05, 0.1) is 0 Å². The lowest BCUT2D eigenvalue weighted by atomic mass is 10.2. The Kier molecular flexibility index (Phi) is 2.46. The number of fused-ring (bicyclic) bond motifs is 1. The maximum atomic E-state index is 10.8. The van der Waals surface area contributed by atoms with E-state index in [0.29, 0.717) is 0 Å². The molecule has 1 nitrogen and oxygen atoms in total. The van der Waals surface area contributed by atoms with E-state index in [-0.39, 0.29) is 5.78 Å². The van der Waals surface area contributed by atoms with Gasteiger partial charge in [-0.05, 0) is 36.6 Å². The van der Waals surface area contributed by atoms with Crippen LogP contribution in [0.4, 0.5) is 0 Å². The lowest BCUT2D eigenvalue weighted by molar-refractivity contribution is -0.112. The van der Waals surface area contributed by atoms with E-state index in [1.807, 2.05) is 18.2 Å². The van der Waals surface area contributed by atoms with Gasteiger partial charge in [0, 0.05) is 9.58 Å². The quantitative estimate of drug-likeness (QED) is 0.681. The van der Waals surface area contributed by atoms with Crippen molar-refractivity contribution < 1.29 is 4.79 Å². The SMILES string of the molecule is CC(=O)C=Cc1cc2ccccc2s1. The Labute approximate surface area is 86.7 Å². The molecule has 0 spiro atoms. The summed E-state index contributed by atoms with van der Waals surface area (Å²) in [5.41, 5.74) is 0. The van der Waals surface area contributed by atoms with E-state index in [2.05, 4.69) is 18.2 Å². The van der Waals surface area contributed by atoms with Gasteiger partial charge in [0.2, 0.25) is 0 Å². The van der Waals surface area contributed by atoms with Crippen LogP contribution in [-0.4, -0.2) is 5.78 Å². The molecular formula is C12H10OS. The van der Waals surface area contributed by atoms with Crippen molar-refractivity contribution in [1.82, 2.24) is 0 Å². The van der Waals surface area contributed by atoms with Crippen molar-refractivity contribution in [3.05, 3.63) is 41.3 Å². The van der Waals surface area contributed by atoms with Gasteiger partial charge < -0.3 is 0 Å². The summed E-state index contributed by atoms with van der Waals surface area (Å²) in [6.45, 7) is 1.56. The van der Waals surface area contributed by atoms with Crippen molar-refractivity contribution in [2.75, 3.05) is 0 Å². The van der Waals surface area contributed by atoms with Crippen molar-refractivity contribution in [2.45, 2.75) is 6.92 Å². The summed E-state index contributed by atoms with van der Waals surface area (Å²) < 4.78 is 1.26. The van der Waals surface area contributed by atoms with E-state index < -0.39 is 0 Å². The zero-order chi connectivity index (χ0) is 9.97. The third-order valence-electron chi connectivity index (χ3n) is 1.93. The van der Waals surface area contributed by atoms with Gasteiger partial charge in [-0.15, -0.1) is 11.3 Å². The highest BCUT2D eigenvalue weighted by Crippen LogP contribution is 2.25. The number of benzene rings is 1. The summed E-state index contributed by atoms with van der Waals surface area (Å²) in [5, 5.41) is 1.24. The molecule has 2 heteroatoms.